The molecule has 1 nitrogen and oxygen atoms in total. The average molecular weight is 284 g/mol. The standard InChI is InChI=1S/C13H14ClNS2/c1-9-11-5-7-16-12(11)4-6-15(9)8-10-2-3-13(14)17-10/h2-3,5,7,9H,4,6,8H2,1H3. The van der Waals surface area contributed by atoms with Crippen LogP contribution in [0.3, 0.4) is 0 Å². The smallest absolute Gasteiger partial charge is 0.0931 e. The van der Waals surface area contributed by atoms with Gasteiger partial charge in [0.15, 0.2) is 0 Å². The van der Waals surface area contributed by atoms with Crippen molar-refractivity contribution in [2.24, 2.45) is 0 Å². The van der Waals surface area contributed by atoms with Gasteiger partial charge in [-0.2, -0.15) is 0 Å². The third-order valence-electron chi connectivity index (χ3n) is 3.39. The van der Waals surface area contributed by atoms with Crippen molar-refractivity contribution in [3.63, 3.8) is 0 Å². The fourth-order valence-corrected chi connectivity index (χ4v) is 4.49. The van der Waals surface area contributed by atoms with Crippen molar-refractivity contribution in [3.8, 4) is 0 Å². The molecule has 0 amide bonds. The van der Waals surface area contributed by atoms with E-state index < -0.39 is 0 Å². The summed E-state index contributed by atoms with van der Waals surface area (Å²) in [6, 6.07) is 6.94. The molecule has 2 aromatic rings. The van der Waals surface area contributed by atoms with E-state index in [1.807, 2.05) is 17.4 Å². The Bertz CT molecular complexity index is 517. The third kappa shape index (κ3) is 2.29. The van der Waals surface area contributed by atoms with Gasteiger partial charge in [-0.15, -0.1) is 22.7 Å². The summed E-state index contributed by atoms with van der Waals surface area (Å²) < 4.78 is 0.890. The van der Waals surface area contributed by atoms with Gasteiger partial charge in [0.2, 0.25) is 0 Å². The second-order valence-corrected chi connectivity index (χ2v) is 7.20. The first-order valence-electron chi connectivity index (χ1n) is 5.78. The molecule has 0 radical (unpaired) electrons. The monoisotopic (exact) mass is 283 g/mol. The highest BCUT2D eigenvalue weighted by molar-refractivity contribution is 7.16. The van der Waals surface area contributed by atoms with E-state index in [-0.39, 0.29) is 0 Å². The van der Waals surface area contributed by atoms with Crippen LogP contribution in [0.15, 0.2) is 23.6 Å². The van der Waals surface area contributed by atoms with Crippen molar-refractivity contribution >= 4 is 34.3 Å². The van der Waals surface area contributed by atoms with Crippen molar-refractivity contribution < 1.29 is 0 Å². The summed E-state index contributed by atoms with van der Waals surface area (Å²) >= 11 is 9.57. The fourth-order valence-electron chi connectivity index (χ4n) is 2.41. The van der Waals surface area contributed by atoms with E-state index in [2.05, 4.69) is 29.3 Å². The number of nitrogens with zero attached hydrogens (tertiary/aromatic N) is 1. The Balaban J connectivity index is 1.78. The van der Waals surface area contributed by atoms with Gasteiger partial charge in [0.05, 0.1) is 4.34 Å². The van der Waals surface area contributed by atoms with Gasteiger partial charge in [0, 0.05) is 28.9 Å². The lowest BCUT2D eigenvalue weighted by molar-refractivity contribution is 0.193. The van der Waals surface area contributed by atoms with Gasteiger partial charge in [-0.1, -0.05) is 11.6 Å². The van der Waals surface area contributed by atoms with Gasteiger partial charge < -0.3 is 0 Å². The minimum atomic E-state index is 0.533. The van der Waals surface area contributed by atoms with Crippen molar-refractivity contribution in [1.82, 2.24) is 4.90 Å². The van der Waals surface area contributed by atoms with E-state index in [1.54, 1.807) is 16.2 Å². The Morgan fingerprint density at radius 3 is 3.06 bits per heavy atom. The molecule has 0 bridgehead atoms. The molecule has 4 heteroatoms. The maximum Gasteiger partial charge on any atom is 0.0931 e. The van der Waals surface area contributed by atoms with Crippen molar-refractivity contribution in [1.29, 1.82) is 0 Å². The molecular formula is C13H14ClNS2. The average Bonchev–Trinajstić information content (AvgIpc) is 2.92. The molecule has 1 unspecified atom stereocenters. The molecule has 90 valence electrons. The molecule has 3 rings (SSSR count). The second kappa shape index (κ2) is 4.73. The number of halogens is 1. The molecule has 0 saturated heterocycles. The number of hydrogen-bond acceptors (Lipinski definition) is 3. The summed E-state index contributed by atoms with van der Waals surface area (Å²) in [6.07, 6.45) is 1.19. The Hall–Kier alpha value is -0.350. The molecule has 1 aliphatic rings. The van der Waals surface area contributed by atoms with Gasteiger partial charge in [0.25, 0.3) is 0 Å². The molecule has 1 aliphatic heterocycles. The van der Waals surface area contributed by atoms with Gasteiger partial charge in [-0.25, -0.2) is 0 Å². The van der Waals surface area contributed by atoms with E-state index in [9.17, 15) is 0 Å². The summed E-state index contributed by atoms with van der Waals surface area (Å²) in [5, 5.41) is 2.21. The van der Waals surface area contributed by atoms with Crippen LogP contribution in [-0.2, 0) is 13.0 Å². The van der Waals surface area contributed by atoms with Crippen LogP contribution in [0.2, 0.25) is 4.34 Å². The predicted molar refractivity (Wildman–Crippen MR) is 76.2 cm³/mol. The molecular weight excluding hydrogens is 270 g/mol. The van der Waals surface area contributed by atoms with Gasteiger partial charge in [-0.3, -0.25) is 4.90 Å². The topological polar surface area (TPSA) is 3.24 Å². The Labute approximate surface area is 115 Å². The summed E-state index contributed by atoms with van der Waals surface area (Å²) in [7, 11) is 0. The van der Waals surface area contributed by atoms with Crippen LogP contribution in [0, 0.1) is 0 Å². The van der Waals surface area contributed by atoms with Gasteiger partial charge in [-0.05, 0) is 42.5 Å². The molecule has 0 N–H and O–H groups in total. The molecule has 0 fully saturated rings. The Kier molecular flexibility index (Phi) is 3.26. The van der Waals surface area contributed by atoms with Crippen LogP contribution in [0.5, 0.6) is 0 Å². The maximum absolute atomic E-state index is 5.98. The van der Waals surface area contributed by atoms with Gasteiger partial charge in [0.1, 0.15) is 0 Å². The molecule has 0 aromatic carbocycles. The second-order valence-electron chi connectivity index (χ2n) is 4.40. The molecule has 1 atom stereocenters. The van der Waals surface area contributed by atoms with E-state index >= 15 is 0 Å². The van der Waals surface area contributed by atoms with Crippen molar-refractivity contribution in [2.75, 3.05) is 6.54 Å². The Morgan fingerprint density at radius 1 is 1.41 bits per heavy atom. The lowest BCUT2D eigenvalue weighted by Gasteiger charge is -2.33. The first-order valence-corrected chi connectivity index (χ1v) is 7.86. The largest absolute Gasteiger partial charge is 0.291 e. The highest BCUT2D eigenvalue weighted by Gasteiger charge is 2.24. The molecule has 2 aromatic heterocycles. The van der Waals surface area contributed by atoms with Gasteiger partial charge >= 0.3 is 0 Å². The van der Waals surface area contributed by atoms with E-state index in [1.165, 1.54) is 16.9 Å². The van der Waals surface area contributed by atoms with Crippen LogP contribution in [-0.4, -0.2) is 11.4 Å². The first-order chi connectivity index (χ1) is 8.24. The normalized spacial score (nSPS) is 20.5. The number of fused-ring (bicyclic) bond motifs is 1. The number of rotatable bonds is 2. The SMILES string of the molecule is CC1c2ccsc2CCN1Cc1ccc(Cl)s1. The molecule has 17 heavy (non-hydrogen) atoms. The van der Waals surface area contributed by atoms with Crippen molar-refractivity contribution in [3.05, 3.63) is 43.2 Å². The Morgan fingerprint density at radius 2 is 2.29 bits per heavy atom. The minimum Gasteiger partial charge on any atom is -0.291 e. The minimum absolute atomic E-state index is 0.533. The number of thiophene rings is 2. The van der Waals surface area contributed by atoms with E-state index in [0.717, 1.165) is 17.4 Å². The van der Waals surface area contributed by atoms with Crippen LogP contribution in [0.25, 0.3) is 0 Å². The van der Waals surface area contributed by atoms with E-state index in [4.69, 9.17) is 11.6 Å². The highest BCUT2D eigenvalue weighted by Crippen LogP contribution is 2.34. The zero-order valence-corrected chi connectivity index (χ0v) is 12.0. The predicted octanol–water partition coefficient (Wildman–Crippen LogP) is 4.58. The number of hydrogen-bond donors (Lipinski definition) is 0. The lowest BCUT2D eigenvalue weighted by Crippen LogP contribution is -2.32. The highest BCUT2D eigenvalue weighted by atomic mass is 35.5. The van der Waals surface area contributed by atoms with Crippen LogP contribution >= 0.6 is 34.3 Å². The molecule has 0 aliphatic carbocycles. The fraction of sp³-hybridized carbons (Fsp3) is 0.385. The van der Waals surface area contributed by atoms with Crippen molar-refractivity contribution in [2.45, 2.75) is 25.9 Å². The zero-order valence-electron chi connectivity index (χ0n) is 9.65. The lowest BCUT2D eigenvalue weighted by atomic mass is 10.0. The third-order valence-corrected chi connectivity index (χ3v) is 5.60. The molecule has 0 saturated carbocycles. The summed E-state index contributed by atoms with van der Waals surface area (Å²) in [4.78, 5) is 5.47. The summed E-state index contributed by atoms with van der Waals surface area (Å²) in [5.41, 5.74) is 1.52. The quantitative estimate of drug-likeness (QED) is 0.780. The molecule has 3 heterocycles. The first kappa shape index (κ1) is 11.7. The van der Waals surface area contributed by atoms with Crippen LogP contribution < -0.4 is 0 Å². The zero-order chi connectivity index (χ0) is 11.8. The summed E-state index contributed by atoms with van der Waals surface area (Å²) in [5.74, 6) is 0. The van der Waals surface area contributed by atoms with E-state index in [0.29, 0.717) is 6.04 Å². The molecule has 0 spiro atoms. The van der Waals surface area contributed by atoms with Crippen LogP contribution in [0.4, 0.5) is 0 Å². The van der Waals surface area contributed by atoms with Crippen LogP contribution in [0.1, 0.15) is 28.3 Å². The maximum atomic E-state index is 5.98. The summed E-state index contributed by atoms with van der Waals surface area (Å²) in [6.45, 7) is 4.48.